The molecular weight excluding hydrogens is 322 g/mol. The van der Waals surface area contributed by atoms with Gasteiger partial charge in [-0.2, -0.15) is 0 Å². The third-order valence-corrected chi connectivity index (χ3v) is 5.71. The van der Waals surface area contributed by atoms with Crippen molar-refractivity contribution in [3.63, 3.8) is 0 Å². The van der Waals surface area contributed by atoms with E-state index < -0.39 is 5.54 Å². The van der Waals surface area contributed by atoms with Crippen molar-refractivity contribution in [2.75, 3.05) is 19.6 Å². The van der Waals surface area contributed by atoms with Crippen molar-refractivity contribution in [3.05, 3.63) is 40.9 Å². The van der Waals surface area contributed by atoms with E-state index in [9.17, 15) is 4.79 Å². The number of aromatic nitrogens is 3. The molecule has 2 saturated heterocycles. The SMILES string of the molecule is O=C(N1CCCC1)C1(c2cnccn2)CCCN1Cc1cscn1. The van der Waals surface area contributed by atoms with Gasteiger partial charge in [0, 0.05) is 44.0 Å². The second-order valence-electron chi connectivity index (χ2n) is 6.46. The Labute approximate surface area is 145 Å². The molecule has 0 aromatic carbocycles. The summed E-state index contributed by atoms with van der Waals surface area (Å²) >= 11 is 1.59. The Kier molecular flexibility index (Phi) is 4.28. The van der Waals surface area contributed by atoms with Gasteiger partial charge in [-0.3, -0.25) is 19.7 Å². The summed E-state index contributed by atoms with van der Waals surface area (Å²) in [7, 11) is 0. The van der Waals surface area contributed by atoms with Crippen molar-refractivity contribution in [1.29, 1.82) is 0 Å². The molecule has 4 rings (SSSR count). The van der Waals surface area contributed by atoms with E-state index in [1.165, 1.54) is 0 Å². The van der Waals surface area contributed by atoms with Crippen LogP contribution in [0.15, 0.2) is 29.5 Å². The van der Waals surface area contributed by atoms with Gasteiger partial charge in [-0.05, 0) is 25.7 Å². The summed E-state index contributed by atoms with van der Waals surface area (Å²) in [6, 6.07) is 0. The molecule has 2 aliphatic heterocycles. The van der Waals surface area contributed by atoms with E-state index in [0.717, 1.165) is 56.7 Å². The average Bonchev–Trinajstić information content (AvgIpc) is 3.38. The van der Waals surface area contributed by atoms with Crippen molar-refractivity contribution < 1.29 is 4.79 Å². The molecule has 1 unspecified atom stereocenters. The van der Waals surface area contributed by atoms with Crippen LogP contribution in [-0.4, -0.2) is 50.3 Å². The third kappa shape index (κ3) is 2.61. The Morgan fingerprint density at radius 1 is 1.17 bits per heavy atom. The topological polar surface area (TPSA) is 62.2 Å². The number of carbonyl (C=O) groups is 1. The Bertz CT molecular complexity index is 686. The highest BCUT2D eigenvalue weighted by Crippen LogP contribution is 2.41. The molecule has 4 heterocycles. The minimum atomic E-state index is -0.692. The van der Waals surface area contributed by atoms with Crippen LogP contribution in [0.4, 0.5) is 0 Å². The lowest BCUT2D eigenvalue weighted by atomic mass is 9.90. The van der Waals surface area contributed by atoms with Crippen LogP contribution in [0.3, 0.4) is 0 Å². The van der Waals surface area contributed by atoms with Gasteiger partial charge in [-0.25, -0.2) is 4.98 Å². The van der Waals surface area contributed by atoms with E-state index in [1.54, 1.807) is 29.9 Å². The Morgan fingerprint density at radius 3 is 2.75 bits per heavy atom. The highest BCUT2D eigenvalue weighted by atomic mass is 32.1. The maximum absolute atomic E-state index is 13.5. The van der Waals surface area contributed by atoms with Crippen LogP contribution in [0.2, 0.25) is 0 Å². The molecule has 1 amide bonds. The van der Waals surface area contributed by atoms with Crippen molar-refractivity contribution >= 4 is 17.2 Å². The molecule has 0 saturated carbocycles. The molecule has 0 radical (unpaired) electrons. The lowest BCUT2D eigenvalue weighted by Gasteiger charge is -2.38. The van der Waals surface area contributed by atoms with Gasteiger partial charge in [0.25, 0.3) is 0 Å². The number of hydrogen-bond donors (Lipinski definition) is 0. The fourth-order valence-corrected chi connectivity index (χ4v) is 4.49. The largest absolute Gasteiger partial charge is 0.341 e. The van der Waals surface area contributed by atoms with Crippen molar-refractivity contribution in [1.82, 2.24) is 24.8 Å². The predicted molar refractivity (Wildman–Crippen MR) is 91.3 cm³/mol. The quantitative estimate of drug-likeness (QED) is 0.850. The molecule has 0 N–H and O–H groups in total. The van der Waals surface area contributed by atoms with Crippen LogP contribution in [0.5, 0.6) is 0 Å². The van der Waals surface area contributed by atoms with Gasteiger partial charge in [0.15, 0.2) is 0 Å². The number of hydrogen-bond acceptors (Lipinski definition) is 6. The molecule has 24 heavy (non-hydrogen) atoms. The van der Waals surface area contributed by atoms with Crippen LogP contribution >= 0.6 is 11.3 Å². The van der Waals surface area contributed by atoms with Crippen LogP contribution in [0.25, 0.3) is 0 Å². The number of thiazole rings is 1. The average molecular weight is 343 g/mol. The van der Waals surface area contributed by atoms with E-state index in [1.807, 2.05) is 10.4 Å². The first-order valence-corrected chi connectivity index (χ1v) is 9.43. The Morgan fingerprint density at radius 2 is 2.04 bits per heavy atom. The van der Waals surface area contributed by atoms with Gasteiger partial charge in [0.2, 0.25) is 5.91 Å². The Hall–Kier alpha value is -1.86. The standard InChI is InChI=1S/C17H21N5OS/c23-16(21-7-1-2-8-21)17(15-10-18-5-6-19-15)4-3-9-22(17)11-14-12-24-13-20-14/h5-6,10,12-13H,1-4,7-9,11H2. The monoisotopic (exact) mass is 343 g/mol. The smallest absolute Gasteiger partial charge is 0.249 e. The van der Waals surface area contributed by atoms with Crippen LogP contribution < -0.4 is 0 Å². The Balaban J connectivity index is 1.73. The number of amides is 1. The van der Waals surface area contributed by atoms with Gasteiger partial charge >= 0.3 is 0 Å². The molecule has 0 spiro atoms. The van der Waals surface area contributed by atoms with Gasteiger partial charge < -0.3 is 4.90 Å². The molecule has 2 aromatic heterocycles. The first-order chi connectivity index (χ1) is 11.8. The second-order valence-corrected chi connectivity index (χ2v) is 7.17. The molecule has 0 bridgehead atoms. The molecule has 2 fully saturated rings. The van der Waals surface area contributed by atoms with E-state index in [2.05, 4.69) is 25.2 Å². The van der Waals surface area contributed by atoms with Crippen LogP contribution in [0, 0.1) is 0 Å². The zero-order valence-electron chi connectivity index (χ0n) is 13.6. The minimum Gasteiger partial charge on any atom is -0.341 e. The maximum Gasteiger partial charge on any atom is 0.249 e. The van der Waals surface area contributed by atoms with Crippen molar-refractivity contribution in [2.45, 2.75) is 37.8 Å². The second kappa shape index (κ2) is 6.57. The highest BCUT2D eigenvalue weighted by Gasteiger charge is 2.52. The number of carbonyl (C=O) groups excluding carboxylic acids is 1. The van der Waals surface area contributed by atoms with Crippen molar-refractivity contribution in [3.8, 4) is 0 Å². The molecule has 7 heteroatoms. The third-order valence-electron chi connectivity index (χ3n) is 5.08. The first-order valence-electron chi connectivity index (χ1n) is 8.49. The van der Waals surface area contributed by atoms with E-state index in [4.69, 9.17) is 0 Å². The fourth-order valence-electron chi connectivity index (χ4n) is 3.94. The minimum absolute atomic E-state index is 0.188. The summed E-state index contributed by atoms with van der Waals surface area (Å²) < 4.78 is 0. The predicted octanol–water partition coefficient (Wildman–Crippen LogP) is 2.05. The zero-order chi connectivity index (χ0) is 16.4. The molecule has 6 nitrogen and oxygen atoms in total. The molecule has 1 atom stereocenters. The summed E-state index contributed by atoms with van der Waals surface area (Å²) in [5.41, 5.74) is 2.94. The highest BCUT2D eigenvalue weighted by molar-refractivity contribution is 7.07. The summed E-state index contributed by atoms with van der Waals surface area (Å²) in [5, 5.41) is 2.06. The normalized spacial score (nSPS) is 24.6. The molecule has 2 aromatic rings. The van der Waals surface area contributed by atoms with Crippen LogP contribution in [-0.2, 0) is 16.9 Å². The number of rotatable bonds is 4. The number of nitrogens with zero attached hydrogens (tertiary/aromatic N) is 5. The zero-order valence-corrected chi connectivity index (χ0v) is 14.4. The summed E-state index contributed by atoms with van der Waals surface area (Å²) in [6.45, 7) is 3.27. The first kappa shape index (κ1) is 15.7. The summed E-state index contributed by atoms with van der Waals surface area (Å²) in [4.78, 5) is 31.0. The lowest BCUT2D eigenvalue weighted by molar-refractivity contribution is -0.143. The summed E-state index contributed by atoms with van der Waals surface area (Å²) in [5.74, 6) is 0.188. The van der Waals surface area contributed by atoms with E-state index >= 15 is 0 Å². The van der Waals surface area contributed by atoms with E-state index in [0.29, 0.717) is 6.54 Å². The molecular formula is C17H21N5OS. The van der Waals surface area contributed by atoms with Crippen molar-refractivity contribution in [2.24, 2.45) is 0 Å². The van der Waals surface area contributed by atoms with E-state index in [-0.39, 0.29) is 5.91 Å². The lowest BCUT2D eigenvalue weighted by Crippen LogP contribution is -2.54. The number of likely N-dealkylation sites (tertiary alicyclic amines) is 2. The van der Waals surface area contributed by atoms with Gasteiger partial charge in [0.05, 0.1) is 23.1 Å². The fraction of sp³-hybridized carbons (Fsp3) is 0.529. The van der Waals surface area contributed by atoms with Gasteiger partial charge in [-0.1, -0.05) is 0 Å². The van der Waals surface area contributed by atoms with Crippen LogP contribution in [0.1, 0.15) is 37.1 Å². The maximum atomic E-state index is 13.5. The molecule has 2 aliphatic rings. The van der Waals surface area contributed by atoms with Gasteiger partial charge in [-0.15, -0.1) is 11.3 Å². The molecule has 126 valence electrons. The van der Waals surface area contributed by atoms with Gasteiger partial charge in [0.1, 0.15) is 5.54 Å². The molecule has 0 aliphatic carbocycles. The summed E-state index contributed by atoms with van der Waals surface area (Å²) in [6.07, 6.45) is 9.08.